The molecule has 6 nitrogen and oxygen atoms in total. The van der Waals surface area contributed by atoms with Crippen molar-refractivity contribution in [3.05, 3.63) is 88.3 Å². The Morgan fingerprint density at radius 1 is 1.07 bits per heavy atom. The van der Waals surface area contributed by atoms with Crippen molar-refractivity contribution in [3.8, 4) is 0 Å². The molecule has 0 saturated carbocycles. The zero-order valence-corrected chi connectivity index (χ0v) is 18.0. The molecule has 4 rings (SSSR count). The van der Waals surface area contributed by atoms with E-state index in [9.17, 15) is 9.59 Å². The predicted octanol–water partition coefficient (Wildman–Crippen LogP) is 4.53. The maximum atomic E-state index is 13.4. The first-order valence-electron chi connectivity index (χ1n) is 9.61. The number of para-hydroxylation sites is 1. The van der Waals surface area contributed by atoms with Gasteiger partial charge in [0, 0.05) is 18.1 Å². The Balaban J connectivity index is 1.56. The zero-order valence-electron chi connectivity index (χ0n) is 16.5. The van der Waals surface area contributed by atoms with Crippen LogP contribution in [0.5, 0.6) is 0 Å². The second-order valence-corrected chi connectivity index (χ2v) is 7.94. The Morgan fingerprint density at radius 3 is 2.57 bits per heavy atom. The Labute approximate surface area is 183 Å². The van der Waals surface area contributed by atoms with Crippen molar-refractivity contribution >= 4 is 33.4 Å². The molecule has 154 valence electrons. The minimum Gasteiger partial charge on any atom is -0.459 e. The Bertz CT molecular complexity index is 1030. The number of ether oxygens (including phenoxy) is 1. The normalized spacial score (nSPS) is 16.3. The first-order chi connectivity index (χ1) is 14.5. The van der Waals surface area contributed by atoms with Crippen LogP contribution in [0.1, 0.15) is 32.6 Å². The number of anilines is 1. The molecule has 1 aliphatic heterocycles. The minimum absolute atomic E-state index is 0.130. The lowest BCUT2D eigenvalue weighted by molar-refractivity contribution is -0.0228. The average Bonchev–Trinajstić information content (AvgIpc) is 3.33. The summed E-state index contributed by atoms with van der Waals surface area (Å²) in [6.45, 7) is 1.40. The maximum absolute atomic E-state index is 13.4. The topological polar surface area (TPSA) is 63.0 Å². The monoisotopic (exact) mass is 468 g/mol. The van der Waals surface area contributed by atoms with Crippen molar-refractivity contribution in [1.82, 2.24) is 4.90 Å². The van der Waals surface area contributed by atoms with E-state index in [2.05, 4.69) is 15.9 Å². The second-order valence-electron chi connectivity index (χ2n) is 7.02. The Kier molecular flexibility index (Phi) is 6.01. The van der Waals surface area contributed by atoms with Crippen LogP contribution >= 0.6 is 15.9 Å². The molecule has 0 bridgehead atoms. The molecule has 7 heteroatoms. The van der Waals surface area contributed by atoms with Gasteiger partial charge in [0.25, 0.3) is 11.8 Å². The number of hydrogen-bond donors (Lipinski definition) is 0. The largest absolute Gasteiger partial charge is 0.459 e. The number of hydrogen-bond acceptors (Lipinski definition) is 4. The summed E-state index contributed by atoms with van der Waals surface area (Å²) in [5, 5.41) is 0. The molecule has 0 spiro atoms. The van der Waals surface area contributed by atoms with Crippen LogP contribution in [-0.4, -0.2) is 43.5 Å². The molecule has 1 aromatic heterocycles. The van der Waals surface area contributed by atoms with Crippen molar-refractivity contribution in [3.63, 3.8) is 0 Å². The molecule has 2 amide bonds. The van der Waals surface area contributed by atoms with Gasteiger partial charge < -0.3 is 19.0 Å². The summed E-state index contributed by atoms with van der Waals surface area (Å²) in [5.74, 6) is -0.216. The van der Waals surface area contributed by atoms with E-state index in [0.29, 0.717) is 30.9 Å². The van der Waals surface area contributed by atoms with E-state index in [1.165, 1.54) is 11.2 Å². The summed E-state index contributed by atoms with van der Waals surface area (Å²) >= 11 is 3.44. The molecule has 1 atom stereocenters. The fourth-order valence-electron chi connectivity index (χ4n) is 3.51. The Morgan fingerprint density at radius 2 is 1.83 bits per heavy atom. The lowest BCUT2D eigenvalue weighted by Crippen LogP contribution is -2.43. The van der Waals surface area contributed by atoms with Gasteiger partial charge in [0.2, 0.25) is 0 Å². The summed E-state index contributed by atoms with van der Waals surface area (Å²) in [7, 11) is 1.64. The summed E-state index contributed by atoms with van der Waals surface area (Å²) < 4.78 is 12.1. The van der Waals surface area contributed by atoms with E-state index in [4.69, 9.17) is 9.15 Å². The number of morpholine rings is 1. The molecule has 2 heterocycles. The highest BCUT2D eigenvalue weighted by atomic mass is 79.9. The van der Waals surface area contributed by atoms with Gasteiger partial charge in [-0.1, -0.05) is 40.2 Å². The van der Waals surface area contributed by atoms with Crippen molar-refractivity contribution in [2.45, 2.75) is 6.10 Å². The summed E-state index contributed by atoms with van der Waals surface area (Å²) in [5.41, 5.74) is 2.03. The molecule has 0 radical (unpaired) electrons. The van der Waals surface area contributed by atoms with E-state index >= 15 is 0 Å². The number of rotatable bonds is 4. The van der Waals surface area contributed by atoms with Gasteiger partial charge >= 0.3 is 0 Å². The third-order valence-corrected chi connectivity index (χ3v) is 5.66. The minimum atomic E-state index is -0.310. The molecular weight excluding hydrogens is 448 g/mol. The number of benzene rings is 2. The van der Waals surface area contributed by atoms with Crippen LogP contribution < -0.4 is 4.90 Å². The number of carbonyl (C=O) groups excluding carboxylic acids is 2. The van der Waals surface area contributed by atoms with Gasteiger partial charge in [0.1, 0.15) is 6.10 Å². The molecule has 0 N–H and O–H groups in total. The molecular formula is C23H21BrN2O4. The van der Waals surface area contributed by atoms with E-state index in [1.807, 2.05) is 30.3 Å². The van der Waals surface area contributed by atoms with Gasteiger partial charge in [0.05, 0.1) is 30.7 Å². The van der Waals surface area contributed by atoms with Gasteiger partial charge in [-0.25, -0.2) is 0 Å². The van der Waals surface area contributed by atoms with Crippen LogP contribution in [0.3, 0.4) is 0 Å². The van der Waals surface area contributed by atoms with Crippen LogP contribution in [-0.2, 0) is 4.74 Å². The van der Waals surface area contributed by atoms with E-state index in [0.717, 1.165) is 10.0 Å². The highest BCUT2D eigenvalue weighted by molar-refractivity contribution is 9.10. The summed E-state index contributed by atoms with van der Waals surface area (Å²) in [6, 6.07) is 18.3. The van der Waals surface area contributed by atoms with Crippen LogP contribution in [0.25, 0.3) is 0 Å². The highest BCUT2D eigenvalue weighted by Crippen LogP contribution is 2.27. The molecule has 3 aromatic rings. The first kappa shape index (κ1) is 20.4. The number of amides is 2. The van der Waals surface area contributed by atoms with E-state index in [-0.39, 0.29) is 23.7 Å². The predicted molar refractivity (Wildman–Crippen MR) is 117 cm³/mol. The third-order valence-electron chi connectivity index (χ3n) is 5.13. The fourth-order valence-corrected chi connectivity index (χ4v) is 3.77. The van der Waals surface area contributed by atoms with Gasteiger partial charge in [-0.3, -0.25) is 9.59 Å². The van der Waals surface area contributed by atoms with Crippen molar-refractivity contribution in [2.75, 3.05) is 31.6 Å². The molecule has 0 aliphatic carbocycles. The third kappa shape index (κ3) is 4.17. The molecule has 1 saturated heterocycles. The number of furan rings is 1. The van der Waals surface area contributed by atoms with Crippen molar-refractivity contribution in [1.29, 1.82) is 0 Å². The lowest BCUT2D eigenvalue weighted by atomic mass is 10.1. The van der Waals surface area contributed by atoms with Gasteiger partial charge in [0.15, 0.2) is 5.76 Å². The highest BCUT2D eigenvalue weighted by Gasteiger charge is 2.29. The maximum Gasteiger partial charge on any atom is 0.293 e. The van der Waals surface area contributed by atoms with E-state index < -0.39 is 0 Å². The second kappa shape index (κ2) is 8.85. The Hall–Kier alpha value is -2.90. The molecule has 2 aromatic carbocycles. The van der Waals surface area contributed by atoms with Gasteiger partial charge in [-0.2, -0.15) is 0 Å². The fraction of sp³-hybridized carbons (Fsp3) is 0.217. The molecule has 30 heavy (non-hydrogen) atoms. The average molecular weight is 469 g/mol. The van der Waals surface area contributed by atoms with Crippen LogP contribution in [0.15, 0.2) is 75.8 Å². The van der Waals surface area contributed by atoms with Crippen LogP contribution in [0.4, 0.5) is 5.69 Å². The zero-order chi connectivity index (χ0) is 21.1. The summed E-state index contributed by atoms with van der Waals surface area (Å²) in [6.07, 6.45) is 1.26. The lowest BCUT2D eigenvalue weighted by Gasteiger charge is -2.34. The van der Waals surface area contributed by atoms with E-state index in [1.54, 1.807) is 42.3 Å². The summed E-state index contributed by atoms with van der Waals surface area (Å²) in [4.78, 5) is 29.3. The SMILES string of the molecule is CN(C(=O)c1ccco1)c1ccccc1C(=O)N1CCOC(c2ccc(Br)cc2)C1. The van der Waals surface area contributed by atoms with Crippen LogP contribution in [0, 0.1) is 0 Å². The first-order valence-corrected chi connectivity index (χ1v) is 10.4. The van der Waals surface area contributed by atoms with Gasteiger partial charge in [-0.15, -0.1) is 0 Å². The molecule has 1 unspecified atom stereocenters. The molecule has 1 aliphatic rings. The number of halogens is 1. The quantitative estimate of drug-likeness (QED) is 0.563. The van der Waals surface area contributed by atoms with Crippen molar-refractivity contribution in [2.24, 2.45) is 0 Å². The number of carbonyl (C=O) groups is 2. The van der Waals surface area contributed by atoms with Gasteiger partial charge in [-0.05, 0) is 42.0 Å². The molecule has 1 fully saturated rings. The number of nitrogens with zero attached hydrogens (tertiary/aromatic N) is 2. The van der Waals surface area contributed by atoms with Crippen molar-refractivity contribution < 1.29 is 18.7 Å². The standard InChI is InChI=1S/C23H21BrN2O4/c1-25(23(28)20-7-4-13-29-20)19-6-3-2-5-18(19)22(27)26-12-14-30-21(15-26)16-8-10-17(24)11-9-16/h2-11,13,21H,12,14-15H2,1H3. The smallest absolute Gasteiger partial charge is 0.293 e. The van der Waals surface area contributed by atoms with Crippen LogP contribution in [0.2, 0.25) is 0 Å².